The van der Waals surface area contributed by atoms with E-state index in [0.29, 0.717) is 41.0 Å². The molecular formula is C23H16ClN7O2. The lowest BCUT2D eigenvalue weighted by atomic mass is 9.97. The van der Waals surface area contributed by atoms with Gasteiger partial charge in [-0.25, -0.2) is 4.98 Å². The van der Waals surface area contributed by atoms with Crippen molar-refractivity contribution in [3.63, 3.8) is 0 Å². The number of imidazole rings is 1. The molecule has 0 N–H and O–H groups in total. The summed E-state index contributed by atoms with van der Waals surface area (Å²) in [4.78, 5) is 4.64. The zero-order valence-electron chi connectivity index (χ0n) is 17.4. The molecule has 4 aromatic heterocycles. The summed E-state index contributed by atoms with van der Waals surface area (Å²) in [5.74, 6) is 1.61. The highest BCUT2D eigenvalue weighted by Crippen LogP contribution is 2.40. The van der Waals surface area contributed by atoms with Gasteiger partial charge in [-0.15, -0.1) is 10.2 Å². The fraction of sp³-hybridized carbons (Fsp3) is 0.0870. The maximum atomic E-state index is 5.93. The summed E-state index contributed by atoms with van der Waals surface area (Å²) in [5.41, 5.74) is 4.41. The average Bonchev–Trinajstić information content (AvgIpc) is 3.52. The van der Waals surface area contributed by atoms with Crippen LogP contribution in [0.25, 0.3) is 34.3 Å². The van der Waals surface area contributed by atoms with Crippen LogP contribution in [0, 0.1) is 0 Å². The van der Waals surface area contributed by atoms with Crippen molar-refractivity contribution in [1.29, 1.82) is 0 Å². The minimum atomic E-state index is 0.147. The van der Waals surface area contributed by atoms with E-state index in [-0.39, 0.29) is 5.22 Å². The molecule has 4 heterocycles. The molecule has 0 atom stereocenters. The van der Waals surface area contributed by atoms with Crippen LogP contribution in [0.5, 0.6) is 5.75 Å². The minimum absolute atomic E-state index is 0.147. The van der Waals surface area contributed by atoms with Crippen molar-refractivity contribution in [2.75, 3.05) is 7.11 Å². The maximum Gasteiger partial charge on any atom is 0.226 e. The Morgan fingerprint density at radius 3 is 2.67 bits per heavy atom. The average molecular weight is 458 g/mol. The van der Waals surface area contributed by atoms with Crippen LogP contribution in [-0.2, 0) is 6.54 Å². The first-order chi connectivity index (χ1) is 16.2. The van der Waals surface area contributed by atoms with E-state index in [1.807, 2.05) is 47.2 Å². The van der Waals surface area contributed by atoms with Gasteiger partial charge in [0, 0.05) is 25.0 Å². The first-order valence-electron chi connectivity index (χ1n) is 10.1. The highest BCUT2D eigenvalue weighted by molar-refractivity contribution is 6.29. The Labute approximate surface area is 192 Å². The van der Waals surface area contributed by atoms with Gasteiger partial charge in [0.1, 0.15) is 5.69 Å². The summed E-state index contributed by atoms with van der Waals surface area (Å²) < 4.78 is 14.5. The normalized spacial score (nSPS) is 12.7. The van der Waals surface area contributed by atoms with Crippen LogP contribution >= 0.6 is 11.6 Å². The van der Waals surface area contributed by atoms with E-state index in [4.69, 9.17) is 26.0 Å². The number of hydrogen-bond acceptors (Lipinski definition) is 7. The molecule has 0 spiro atoms. The molecule has 0 aliphatic heterocycles. The Morgan fingerprint density at radius 2 is 1.97 bits per heavy atom. The maximum absolute atomic E-state index is 5.93. The van der Waals surface area contributed by atoms with E-state index in [1.165, 1.54) is 0 Å². The molecule has 0 saturated carbocycles. The Bertz CT molecular complexity index is 1550. The van der Waals surface area contributed by atoms with E-state index in [0.717, 1.165) is 16.7 Å². The number of halogens is 1. The van der Waals surface area contributed by atoms with Crippen LogP contribution < -0.4 is 4.74 Å². The molecule has 0 bridgehead atoms. The molecule has 5 aromatic rings. The number of fused-ring (bicyclic) bond motifs is 1. The molecule has 0 amide bonds. The Morgan fingerprint density at radius 1 is 1.12 bits per heavy atom. The molecular weight excluding hydrogens is 442 g/mol. The van der Waals surface area contributed by atoms with Gasteiger partial charge >= 0.3 is 0 Å². The van der Waals surface area contributed by atoms with Crippen molar-refractivity contribution >= 4 is 22.8 Å². The van der Waals surface area contributed by atoms with Crippen molar-refractivity contribution in [2.24, 2.45) is 0 Å². The minimum Gasteiger partial charge on any atom is -0.492 e. The third-order valence-electron chi connectivity index (χ3n) is 5.39. The third kappa shape index (κ3) is 3.21. The highest BCUT2D eigenvalue weighted by Gasteiger charge is 2.27. The molecule has 0 radical (unpaired) electrons. The van der Waals surface area contributed by atoms with Crippen LogP contribution in [0.15, 0.2) is 71.5 Å². The van der Waals surface area contributed by atoms with E-state index < -0.39 is 0 Å². The fourth-order valence-corrected chi connectivity index (χ4v) is 3.95. The van der Waals surface area contributed by atoms with Gasteiger partial charge in [0.2, 0.25) is 16.7 Å². The number of aromatic nitrogens is 7. The first kappa shape index (κ1) is 19.4. The second kappa shape index (κ2) is 7.72. The van der Waals surface area contributed by atoms with Gasteiger partial charge in [-0.05, 0) is 22.7 Å². The summed E-state index contributed by atoms with van der Waals surface area (Å²) in [6, 6.07) is 11.7. The predicted molar refractivity (Wildman–Crippen MR) is 122 cm³/mol. The van der Waals surface area contributed by atoms with Crippen molar-refractivity contribution in [3.05, 3.63) is 83.4 Å². The first-order valence-corrected chi connectivity index (χ1v) is 10.5. The number of nitrogens with zero attached hydrogens (tertiary/aromatic N) is 7. The molecule has 1 aliphatic carbocycles. The lowest BCUT2D eigenvalue weighted by Gasteiger charge is -2.18. The van der Waals surface area contributed by atoms with E-state index in [9.17, 15) is 0 Å². The largest absolute Gasteiger partial charge is 0.492 e. The topological polar surface area (TPSA) is 96.2 Å². The molecule has 6 rings (SSSR count). The number of methoxy groups -OCH3 is 1. The van der Waals surface area contributed by atoms with Gasteiger partial charge in [-0.1, -0.05) is 53.7 Å². The van der Waals surface area contributed by atoms with E-state index >= 15 is 0 Å². The second-order valence-corrected chi connectivity index (χ2v) is 7.75. The molecule has 10 heteroatoms. The van der Waals surface area contributed by atoms with Gasteiger partial charge in [-0.2, -0.15) is 9.61 Å². The molecule has 9 nitrogen and oxygen atoms in total. The standard InChI is InChI=1S/C23H16ClN7O2/c1-32-20-18(15-8-5-9-15)19(22-25-10-11-30(22)13-14-6-3-2-4-7-14)28-31-21(26-27-23(20)31)16-12-17(24)33-29-16/h2-12H,13H2,1H3. The van der Waals surface area contributed by atoms with Gasteiger partial charge < -0.3 is 13.8 Å². The van der Waals surface area contributed by atoms with Gasteiger partial charge in [0.25, 0.3) is 0 Å². The molecule has 33 heavy (non-hydrogen) atoms. The molecule has 162 valence electrons. The monoisotopic (exact) mass is 457 g/mol. The number of hydrogen-bond donors (Lipinski definition) is 0. The molecule has 1 aliphatic rings. The van der Waals surface area contributed by atoms with Gasteiger partial charge in [-0.3, -0.25) is 0 Å². The van der Waals surface area contributed by atoms with Crippen molar-refractivity contribution in [3.8, 4) is 28.8 Å². The molecule has 0 saturated heterocycles. The summed E-state index contributed by atoms with van der Waals surface area (Å²) in [5, 5.41) is 17.6. The molecule has 0 fully saturated rings. The number of rotatable bonds is 6. The van der Waals surface area contributed by atoms with E-state index in [2.05, 4.69) is 32.5 Å². The summed E-state index contributed by atoms with van der Waals surface area (Å²) in [6.45, 7) is 0.639. The van der Waals surface area contributed by atoms with Crippen molar-refractivity contribution in [2.45, 2.75) is 6.54 Å². The predicted octanol–water partition coefficient (Wildman–Crippen LogP) is 4.31. The van der Waals surface area contributed by atoms with Crippen molar-refractivity contribution < 1.29 is 9.26 Å². The SMILES string of the molecule is COc1c(C2=CC=C2)c(-c2nccn2Cc2ccccc2)nn2c(-c3cc(Cl)on3)nnc12. The van der Waals surface area contributed by atoms with Crippen LogP contribution in [0.2, 0.25) is 5.22 Å². The third-order valence-corrected chi connectivity index (χ3v) is 5.56. The summed E-state index contributed by atoms with van der Waals surface area (Å²) in [7, 11) is 1.60. The van der Waals surface area contributed by atoms with Crippen LogP contribution in [0.1, 0.15) is 11.1 Å². The second-order valence-electron chi connectivity index (χ2n) is 7.38. The lowest BCUT2D eigenvalue weighted by Crippen LogP contribution is -2.10. The smallest absolute Gasteiger partial charge is 0.226 e. The Balaban J connectivity index is 1.59. The van der Waals surface area contributed by atoms with E-state index in [1.54, 1.807) is 23.9 Å². The Kier molecular flexibility index (Phi) is 4.55. The summed E-state index contributed by atoms with van der Waals surface area (Å²) in [6.07, 6.45) is 9.65. The van der Waals surface area contributed by atoms with Crippen molar-refractivity contribution in [1.82, 2.24) is 34.5 Å². The fourth-order valence-electron chi connectivity index (χ4n) is 3.81. The quantitative estimate of drug-likeness (QED) is 0.375. The number of ether oxygens (including phenoxy) is 1. The zero-order valence-corrected chi connectivity index (χ0v) is 18.1. The van der Waals surface area contributed by atoms with Crippen LogP contribution in [-0.4, -0.2) is 41.6 Å². The highest BCUT2D eigenvalue weighted by atomic mass is 35.5. The number of allylic oxidation sites excluding steroid dienone is 4. The molecule has 1 aromatic carbocycles. The lowest BCUT2D eigenvalue weighted by molar-refractivity contribution is 0.414. The van der Waals surface area contributed by atoms with Gasteiger partial charge in [0.05, 0.1) is 12.7 Å². The number of benzene rings is 1. The zero-order chi connectivity index (χ0) is 22.4. The van der Waals surface area contributed by atoms with Crippen LogP contribution in [0.4, 0.5) is 0 Å². The Hall–Kier alpha value is -4.24. The van der Waals surface area contributed by atoms with Gasteiger partial charge in [0.15, 0.2) is 17.3 Å². The van der Waals surface area contributed by atoms with Crippen LogP contribution in [0.3, 0.4) is 0 Å². The summed E-state index contributed by atoms with van der Waals surface area (Å²) >= 11 is 5.93. The molecule has 0 unspecified atom stereocenters.